The zero-order valence-electron chi connectivity index (χ0n) is 19.5. The van der Waals surface area contributed by atoms with Gasteiger partial charge in [-0.2, -0.15) is 0 Å². The van der Waals surface area contributed by atoms with Gasteiger partial charge < -0.3 is 14.8 Å². The first-order valence-electron chi connectivity index (χ1n) is 11.6. The van der Waals surface area contributed by atoms with Crippen molar-refractivity contribution in [3.63, 3.8) is 0 Å². The monoisotopic (exact) mass is 467 g/mol. The van der Waals surface area contributed by atoms with Crippen molar-refractivity contribution in [3.8, 4) is 11.3 Å². The Bertz CT molecular complexity index is 1460. The summed E-state index contributed by atoms with van der Waals surface area (Å²) in [4.78, 5) is 10.8. The van der Waals surface area contributed by atoms with E-state index in [4.69, 9.17) is 9.52 Å². The molecule has 5 rings (SSSR count). The average molecular weight is 468 g/mol. The van der Waals surface area contributed by atoms with Crippen molar-refractivity contribution in [1.29, 1.82) is 0 Å². The highest BCUT2D eigenvalue weighted by Gasteiger charge is 2.45. The lowest BCUT2D eigenvalue weighted by molar-refractivity contribution is -0.136. The van der Waals surface area contributed by atoms with Gasteiger partial charge in [-0.05, 0) is 72.4 Å². The highest BCUT2D eigenvalue weighted by molar-refractivity contribution is 5.84. The number of rotatable bonds is 8. The number of hydrogen-bond acceptors (Lipinski definition) is 3. The van der Waals surface area contributed by atoms with E-state index in [0.717, 1.165) is 29.4 Å². The van der Waals surface area contributed by atoms with Gasteiger partial charge in [-0.1, -0.05) is 49.0 Å². The third-order valence-corrected chi connectivity index (χ3v) is 6.69. The summed E-state index contributed by atoms with van der Waals surface area (Å²) >= 11 is 0. The first-order chi connectivity index (χ1) is 16.9. The summed E-state index contributed by atoms with van der Waals surface area (Å²) in [6, 6.07) is 23.7. The van der Waals surface area contributed by atoms with E-state index >= 15 is 4.39 Å². The molecule has 3 aromatic carbocycles. The number of hydrogen-bond donors (Lipinski definition) is 2. The fraction of sp³-hybridized carbons (Fsp3) is 0.167. The lowest BCUT2D eigenvalue weighted by Crippen LogP contribution is -2.09. The van der Waals surface area contributed by atoms with Crippen LogP contribution in [0.1, 0.15) is 42.9 Å². The van der Waals surface area contributed by atoms with Crippen molar-refractivity contribution < 1.29 is 18.7 Å². The molecule has 0 radical (unpaired) electrons. The lowest BCUT2D eigenvalue weighted by Gasteiger charge is -2.16. The summed E-state index contributed by atoms with van der Waals surface area (Å²) in [7, 11) is 0. The SMILES string of the molecule is C=C(CC(=O)O)N/C=C(\C)c1ccc(-c2cc3cc(C4(c5ccccc5)CC4)ccc3o2)c(F)c1. The van der Waals surface area contributed by atoms with Crippen LogP contribution in [0.2, 0.25) is 0 Å². The number of carboxylic acids is 1. The second-order valence-corrected chi connectivity index (χ2v) is 9.15. The molecule has 2 N–H and O–H groups in total. The predicted octanol–water partition coefficient (Wildman–Crippen LogP) is 7.26. The van der Waals surface area contributed by atoms with Crippen molar-refractivity contribution in [3.05, 3.63) is 114 Å². The van der Waals surface area contributed by atoms with Crippen LogP contribution in [0.5, 0.6) is 0 Å². The van der Waals surface area contributed by atoms with Crippen molar-refractivity contribution in [2.24, 2.45) is 0 Å². The standard InChI is InChI=1S/C30H26FNO3/c1-19(18-32-20(2)14-29(33)34)21-8-10-25(26(31)16-21)28-17-22-15-24(9-11-27(22)35-28)30(12-13-30)23-6-4-3-5-7-23/h3-11,15-18,32H,2,12-14H2,1H3,(H,33,34)/b19-18+. The van der Waals surface area contributed by atoms with E-state index in [1.54, 1.807) is 12.3 Å². The second kappa shape index (κ2) is 8.91. The van der Waals surface area contributed by atoms with Crippen LogP contribution in [0.15, 0.2) is 95.7 Å². The van der Waals surface area contributed by atoms with Gasteiger partial charge in [0, 0.05) is 22.7 Å². The molecule has 4 nitrogen and oxygen atoms in total. The minimum absolute atomic E-state index is 0.0629. The molecular weight excluding hydrogens is 441 g/mol. The summed E-state index contributed by atoms with van der Waals surface area (Å²) in [6.07, 6.45) is 3.68. The summed E-state index contributed by atoms with van der Waals surface area (Å²) in [5, 5.41) is 12.6. The number of allylic oxidation sites excluding steroid dienone is 1. The van der Waals surface area contributed by atoms with Crippen LogP contribution >= 0.6 is 0 Å². The van der Waals surface area contributed by atoms with E-state index in [1.165, 1.54) is 17.2 Å². The first-order valence-corrected chi connectivity index (χ1v) is 11.6. The highest BCUT2D eigenvalue weighted by atomic mass is 19.1. The normalized spacial score (nSPS) is 14.6. The van der Waals surface area contributed by atoms with Crippen LogP contribution in [0.3, 0.4) is 0 Å². The topological polar surface area (TPSA) is 62.5 Å². The van der Waals surface area contributed by atoms with Crippen molar-refractivity contribution in [2.75, 3.05) is 0 Å². The molecule has 1 heterocycles. The van der Waals surface area contributed by atoms with Crippen molar-refractivity contribution >= 4 is 22.5 Å². The van der Waals surface area contributed by atoms with Gasteiger partial charge in [-0.25, -0.2) is 4.39 Å². The van der Waals surface area contributed by atoms with Crippen LogP contribution in [0, 0.1) is 5.82 Å². The molecule has 0 saturated heterocycles. The zero-order valence-corrected chi connectivity index (χ0v) is 19.5. The molecule has 1 aliphatic carbocycles. The van der Waals surface area contributed by atoms with Gasteiger partial charge in [0.05, 0.1) is 12.0 Å². The van der Waals surface area contributed by atoms with E-state index < -0.39 is 5.97 Å². The first kappa shape index (κ1) is 22.7. The molecule has 1 fully saturated rings. The Kier molecular flexibility index (Phi) is 5.77. The summed E-state index contributed by atoms with van der Waals surface area (Å²) in [5.41, 5.74) is 5.57. The molecule has 176 valence electrons. The molecule has 0 spiro atoms. The molecule has 0 aliphatic heterocycles. The number of halogens is 1. The lowest BCUT2D eigenvalue weighted by atomic mass is 9.87. The number of fused-ring (bicyclic) bond motifs is 1. The fourth-order valence-electron chi connectivity index (χ4n) is 4.59. The van der Waals surface area contributed by atoms with Gasteiger partial charge in [0.2, 0.25) is 0 Å². The third kappa shape index (κ3) is 4.50. The zero-order chi connectivity index (χ0) is 24.6. The minimum Gasteiger partial charge on any atom is -0.481 e. The number of nitrogens with one attached hydrogen (secondary N) is 1. The van der Waals surface area contributed by atoms with Gasteiger partial charge in [-0.15, -0.1) is 0 Å². The maximum atomic E-state index is 15.1. The maximum absolute atomic E-state index is 15.1. The van der Waals surface area contributed by atoms with Gasteiger partial charge in [-0.3, -0.25) is 4.79 Å². The van der Waals surface area contributed by atoms with Gasteiger partial charge in [0.15, 0.2) is 0 Å². The second-order valence-electron chi connectivity index (χ2n) is 9.15. The van der Waals surface area contributed by atoms with E-state index in [-0.39, 0.29) is 17.7 Å². The molecule has 1 aliphatic rings. The Labute approximate surface area is 203 Å². The smallest absolute Gasteiger partial charge is 0.309 e. The summed E-state index contributed by atoms with van der Waals surface area (Å²) in [6.45, 7) is 5.49. The molecule has 0 atom stereocenters. The Hall–Kier alpha value is -4.12. The Morgan fingerprint density at radius 1 is 1.09 bits per heavy atom. The van der Waals surface area contributed by atoms with Crippen molar-refractivity contribution in [1.82, 2.24) is 5.32 Å². The molecule has 1 saturated carbocycles. The molecule has 5 heteroatoms. The van der Waals surface area contributed by atoms with Crippen LogP contribution in [-0.4, -0.2) is 11.1 Å². The van der Waals surface area contributed by atoms with E-state index in [1.807, 2.05) is 31.2 Å². The van der Waals surface area contributed by atoms with Crippen molar-refractivity contribution in [2.45, 2.75) is 31.6 Å². The van der Waals surface area contributed by atoms with Gasteiger partial charge >= 0.3 is 5.97 Å². The molecule has 4 aromatic rings. The molecule has 35 heavy (non-hydrogen) atoms. The van der Waals surface area contributed by atoms with Crippen LogP contribution in [0.4, 0.5) is 4.39 Å². The summed E-state index contributed by atoms with van der Waals surface area (Å²) < 4.78 is 21.1. The van der Waals surface area contributed by atoms with E-state index in [2.05, 4.69) is 48.3 Å². The minimum atomic E-state index is -0.964. The van der Waals surface area contributed by atoms with Crippen LogP contribution < -0.4 is 5.32 Å². The van der Waals surface area contributed by atoms with Crippen LogP contribution in [0.25, 0.3) is 27.9 Å². The molecule has 0 unspecified atom stereocenters. The van der Waals surface area contributed by atoms with E-state index in [0.29, 0.717) is 22.6 Å². The summed E-state index contributed by atoms with van der Waals surface area (Å²) in [5.74, 6) is -0.864. The van der Waals surface area contributed by atoms with Gasteiger partial charge in [0.1, 0.15) is 17.2 Å². The largest absolute Gasteiger partial charge is 0.481 e. The molecular formula is C30H26FNO3. The number of benzene rings is 3. The number of furan rings is 1. The Morgan fingerprint density at radius 3 is 2.54 bits per heavy atom. The number of carbonyl (C=O) groups is 1. The predicted molar refractivity (Wildman–Crippen MR) is 136 cm³/mol. The Morgan fingerprint density at radius 2 is 1.86 bits per heavy atom. The number of carboxylic acid groups (broad SMARTS) is 1. The quantitative estimate of drug-likeness (QED) is 0.286. The molecule has 0 bridgehead atoms. The fourth-order valence-corrected chi connectivity index (χ4v) is 4.59. The highest BCUT2D eigenvalue weighted by Crippen LogP contribution is 2.54. The van der Waals surface area contributed by atoms with Gasteiger partial charge in [0.25, 0.3) is 0 Å². The molecule has 1 aromatic heterocycles. The number of aliphatic carboxylic acids is 1. The average Bonchev–Trinajstić information content (AvgIpc) is 3.55. The Balaban J connectivity index is 1.40. The van der Waals surface area contributed by atoms with Crippen LogP contribution in [-0.2, 0) is 10.2 Å². The van der Waals surface area contributed by atoms with E-state index in [9.17, 15) is 4.79 Å². The maximum Gasteiger partial charge on any atom is 0.309 e. The third-order valence-electron chi connectivity index (χ3n) is 6.69. The molecule has 0 amide bonds.